The van der Waals surface area contributed by atoms with E-state index in [-0.39, 0.29) is 5.92 Å². The molecule has 0 atom stereocenters. The lowest BCUT2D eigenvalue weighted by Gasteiger charge is -2.11. The van der Waals surface area contributed by atoms with Crippen LogP contribution in [0.1, 0.15) is 17.2 Å². The number of nitrogens with zero attached hydrogens (tertiary/aromatic N) is 3. The summed E-state index contributed by atoms with van der Waals surface area (Å²) < 4.78 is 0. The molecule has 2 aromatic heterocycles. The highest BCUT2D eigenvalue weighted by Gasteiger charge is 2.15. The first kappa shape index (κ1) is 14.5. The van der Waals surface area contributed by atoms with E-state index >= 15 is 0 Å². The Labute approximate surface area is 141 Å². The fourth-order valence-corrected chi connectivity index (χ4v) is 2.75. The van der Waals surface area contributed by atoms with E-state index in [4.69, 9.17) is 9.97 Å². The van der Waals surface area contributed by atoms with Gasteiger partial charge in [-0.05, 0) is 25.1 Å². The number of hydrogen-bond acceptors (Lipinski definition) is 3. The summed E-state index contributed by atoms with van der Waals surface area (Å²) in [7, 11) is 0. The Morgan fingerprint density at radius 2 is 1.62 bits per heavy atom. The summed E-state index contributed by atoms with van der Waals surface area (Å²) >= 11 is 0. The topological polar surface area (TPSA) is 38.7 Å². The van der Waals surface area contributed by atoms with Gasteiger partial charge in [0, 0.05) is 17.7 Å². The summed E-state index contributed by atoms with van der Waals surface area (Å²) in [6.07, 6.45) is 10.2. The molecule has 1 aromatic carbocycles. The quantitative estimate of drug-likeness (QED) is 0.702. The van der Waals surface area contributed by atoms with Crippen molar-refractivity contribution in [3.8, 4) is 22.8 Å². The third-order valence-electron chi connectivity index (χ3n) is 4.08. The molecule has 0 saturated heterocycles. The predicted molar refractivity (Wildman–Crippen MR) is 96.5 cm³/mol. The molecule has 0 radical (unpaired) electrons. The zero-order valence-electron chi connectivity index (χ0n) is 13.4. The third-order valence-corrected chi connectivity index (χ3v) is 4.08. The van der Waals surface area contributed by atoms with Crippen molar-refractivity contribution in [3.05, 3.63) is 90.3 Å². The summed E-state index contributed by atoms with van der Waals surface area (Å²) in [5.41, 5.74) is 5.03. The van der Waals surface area contributed by atoms with Gasteiger partial charge in [-0.15, -0.1) is 0 Å². The third kappa shape index (κ3) is 2.88. The van der Waals surface area contributed by atoms with E-state index in [1.807, 2.05) is 18.2 Å². The van der Waals surface area contributed by atoms with E-state index in [0.29, 0.717) is 5.82 Å². The standard InChI is InChI=1S/C21H17N3/c1-15-9-11-17(12-10-15)20-14-19(16-6-2-3-7-16)23-21(24-20)18-8-4-5-13-22-18/h2-14,16H,1H3. The first-order valence-corrected chi connectivity index (χ1v) is 8.02. The molecule has 3 aromatic rings. The van der Waals surface area contributed by atoms with Crippen LogP contribution < -0.4 is 0 Å². The Kier molecular flexibility index (Phi) is 3.75. The molecular formula is C21H17N3. The van der Waals surface area contributed by atoms with Crippen molar-refractivity contribution in [1.29, 1.82) is 0 Å². The zero-order chi connectivity index (χ0) is 16.4. The Morgan fingerprint density at radius 3 is 2.33 bits per heavy atom. The molecule has 0 fully saturated rings. The average Bonchev–Trinajstić information content (AvgIpc) is 3.17. The molecule has 0 saturated carbocycles. The molecule has 3 heteroatoms. The van der Waals surface area contributed by atoms with Gasteiger partial charge in [-0.2, -0.15) is 0 Å². The molecule has 2 heterocycles. The number of benzene rings is 1. The van der Waals surface area contributed by atoms with Gasteiger partial charge < -0.3 is 0 Å². The minimum atomic E-state index is 0.194. The van der Waals surface area contributed by atoms with Crippen molar-refractivity contribution < 1.29 is 0 Å². The summed E-state index contributed by atoms with van der Waals surface area (Å²) in [6, 6.07) is 16.3. The van der Waals surface area contributed by atoms with Crippen LogP contribution in [-0.4, -0.2) is 15.0 Å². The second-order valence-corrected chi connectivity index (χ2v) is 5.88. The number of aromatic nitrogens is 3. The van der Waals surface area contributed by atoms with E-state index < -0.39 is 0 Å². The summed E-state index contributed by atoms with van der Waals surface area (Å²) in [5, 5.41) is 0. The van der Waals surface area contributed by atoms with Gasteiger partial charge in [0.25, 0.3) is 0 Å². The molecule has 3 nitrogen and oxygen atoms in total. The highest BCUT2D eigenvalue weighted by atomic mass is 14.9. The monoisotopic (exact) mass is 311 g/mol. The number of aryl methyl sites for hydroxylation is 1. The molecule has 4 rings (SSSR count). The fourth-order valence-electron chi connectivity index (χ4n) is 2.75. The van der Waals surface area contributed by atoms with Crippen LogP contribution in [0.25, 0.3) is 22.8 Å². The summed E-state index contributed by atoms with van der Waals surface area (Å²) in [5.74, 6) is 0.858. The van der Waals surface area contributed by atoms with Gasteiger partial charge in [0.05, 0.1) is 11.4 Å². The Bertz CT molecular complexity index is 898. The zero-order valence-corrected chi connectivity index (χ0v) is 13.4. The van der Waals surface area contributed by atoms with Crippen LogP contribution in [0.2, 0.25) is 0 Å². The molecule has 0 amide bonds. The molecule has 0 unspecified atom stereocenters. The molecule has 1 aliphatic rings. The van der Waals surface area contributed by atoms with Crippen LogP contribution in [0.4, 0.5) is 0 Å². The van der Waals surface area contributed by atoms with Crippen molar-refractivity contribution in [2.45, 2.75) is 12.8 Å². The van der Waals surface area contributed by atoms with Gasteiger partial charge in [0.1, 0.15) is 5.69 Å². The lowest BCUT2D eigenvalue weighted by atomic mass is 10.0. The average molecular weight is 311 g/mol. The van der Waals surface area contributed by atoms with E-state index in [2.05, 4.69) is 66.5 Å². The van der Waals surface area contributed by atoms with Crippen LogP contribution in [0, 0.1) is 6.92 Å². The van der Waals surface area contributed by atoms with Crippen LogP contribution in [-0.2, 0) is 0 Å². The van der Waals surface area contributed by atoms with Crippen molar-refractivity contribution in [3.63, 3.8) is 0 Å². The second-order valence-electron chi connectivity index (χ2n) is 5.88. The van der Waals surface area contributed by atoms with Gasteiger partial charge in [0.2, 0.25) is 0 Å². The number of pyridine rings is 1. The molecule has 0 spiro atoms. The Morgan fingerprint density at radius 1 is 0.833 bits per heavy atom. The molecular weight excluding hydrogens is 294 g/mol. The molecule has 0 aliphatic heterocycles. The Hall–Kier alpha value is -3.07. The molecule has 116 valence electrons. The number of rotatable bonds is 3. The number of allylic oxidation sites excluding steroid dienone is 4. The molecule has 24 heavy (non-hydrogen) atoms. The normalized spacial score (nSPS) is 13.5. The molecule has 0 N–H and O–H groups in total. The van der Waals surface area contributed by atoms with Gasteiger partial charge in [-0.25, -0.2) is 9.97 Å². The maximum atomic E-state index is 4.75. The smallest absolute Gasteiger partial charge is 0.178 e. The van der Waals surface area contributed by atoms with Gasteiger partial charge in [0.15, 0.2) is 5.82 Å². The maximum absolute atomic E-state index is 4.75. The lowest BCUT2D eigenvalue weighted by Crippen LogP contribution is -2.01. The van der Waals surface area contributed by atoms with Crippen LogP contribution in [0.5, 0.6) is 0 Å². The van der Waals surface area contributed by atoms with Gasteiger partial charge >= 0.3 is 0 Å². The first-order chi connectivity index (χ1) is 11.8. The summed E-state index contributed by atoms with van der Waals surface area (Å²) in [6.45, 7) is 2.09. The Balaban J connectivity index is 1.86. The minimum absolute atomic E-state index is 0.194. The summed E-state index contributed by atoms with van der Waals surface area (Å²) in [4.78, 5) is 13.9. The largest absolute Gasteiger partial charge is 0.253 e. The lowest BCUT2D eigenvalue weighted by molar-refractivity contribution is 0.978. The van der Waals surface area contributed by atoms with Gasteiger partial charge in [-0.1, -0.05) is 60.2 Å². The maximum Gasteiger partial charge on any atom is 0.178 e. The van der Waals surface area contributed by atoms with Crippen molar-refractivity contribution in [2.24, 2.45) is 0 Å². The highest BCUT2D eigenvalue weighted by Crippen LogP contribution is 2.28. The highest BCUT2D eigenvalue weighted by molar-refractivity contribution is 5.63. The van der Waals surface area contributed by atoms with E-state index in [0.717, 1.165) is 22.6 Å². The van der Waals surface area contributed by atoms with Gasteiger partial charge in [-0.3, -0.25) is 4.98 Å². The second kappa shape index (κ2) is 6.20. The molecule has 1 aliphatic carbocycles. The van der Waals surface area contributed by atoms with E-state index in [9.17, 15) is 0 Å². The van der Waals surface area contributed by atoms with Crippen molar-refractivity contribution in [1.82, 2.24) is 15.0 Å². The van der Waals surface area contributed by atoms with E-state index in [1.165, 1.54) is 5.56 Å². The SMILES string of the molecule is Cc1ccc(-c2cc(C3C=CC=C3)nc(-c3ccccn3)n2)cc1. The van der Waals surface area contributed by atoms with Crippen molar-refractivity contribution in [2.75, 3.05) is 0 Å². The molecule has 0 bridgehead atoms. The number of hydrogen-bond donors (Lipinski definition) is 0. The first-order valence-electron chi connectivity index (χ1n) is 8.02. The van der Waals surface area contributed by atoms with Crippen LogP contribution in [0.3, 0.4) is 0 Å². The predicted octanol–water partition coefficient (Wildman–Crippen LogP) is 4.72. The van der Waals surface area contributed by atoms with Crippen LogP contribution in [0.15, 0.2) is 79.0 Å². The van der Waals surface area contributed by atoms with Crippen LogP contribution >= 0.6 is 0 Å². The van der Waals surface area contributed by atoms with E-state index in [1.54, 1.807) is 6.20 Å². The van der Waals surface area contributed by atoms with Crippen molar-refractivity contribution >= 4 is 0 Å². The fraction of sp³-hybridized carbons (Fsp3) is 0.0952. The minimum Gasteiger partial charge on any atom is -0.253 e.